The van der Waals surface area contributed by atoms with Gasteiger partial charge >= 0.3 is 12.2 Å². The van der Waals surface area contributed by atoms with Crippen LogP contribution in [0.2, 0.25) is 0 Å². The zero-order valence-corrected chi connectivity index (χ0v) is 20.3. The molecule has 178 valence electrons. The highest BCUT2D eigenvalue weighted by Crippen LogP contribution is 2.27. The van der Waals surface area contributed by atoms with Gasteiger partial charge in [-0.3, -0.25) is 0 Å². The maximum absolute atomic E-state index is 13.0. The number of hydrogen-bond donors (Lipinski definition) is 1. The molecule has 8 nitrogen and oxygen atoms in total. The summed E-state index contributed by atoms with van der Waals surface area (Å²) in [5.41, 5.74) is 1.99. The lowest BCUT2D eigenvalue weighted by atomic mass is 10.1. The molecule has 1 heterocycles. The molecule has 1 aromatic rings. The highest BCUT2D eigenvalue weighted by molar-refractivity contribution is 5.75. The average molecular weight is 449 g/mol. The normalized spacial score (nSPS) is 21.1. The van der Waals surface area contributed by atoms with Gasteiger partial charge in [0.15, 0.2) is 5.79 Å². The summed E-state index contributed by atoms with van der Waals surface area (Å²) in [6, 6.07) is 9.03. The van der Waals surface area contributed by atoms with Crippen LogP contribution < -0.4 is 5.43 Å². The van der Waals surface area contributed by atoms with Crippen LogP contribution in [0.3, 0.4) is 0 Å². The largest absolute Gasteiger partial charge is 0.443 e. The van der Waals surface area contributed by atoms with Gasteiger partial charge in [-0.25, -0.2) is 20.0 Å². The lowest BCUT2D eigenvalue weighted by Gasteiger charge is -2.44. The van der Waals surface area contributed by atoms with E-state index in [4.69, 9.17) is 18.9 Å². The van der Waals surface area contributed by atoms with E-state index in [1.807, 2.05) is 42.5 Å². The van der Waals surface area contributed by atoms with Crippen molar-refractivity contribution in [3.8, 4) is 0 Å². The molecule has 1 aliphatic rings. The van der Waals surface area contributed by atoms with E-state index in [0.29, 0.717) is 0 Å². The molecule has 0 radical (unpaired) electrons. The van der Waals surface area contributed by atoms with Gasteiger partial charge in [-0.1, -0.05) is 42.5 Å². The number of rotatable bonds is 3. The number of carbonyl (C=O) groups excluding carboxylic acids is 2. The third-order valence-electron chi connectivity index (χ3n) is 4.21. The van der Waals surface area contributed by atoms with Gasteiger partial charge in [0, 0.05) is 0 Å². The summed E-state index contributed by atoms with van der Waals surface area (Å²) < 4.78 is 22.8. The van der Waals surface area contributed by atoms with E-state index in [1.165, 1.54) is 0 Å². The summed E-state index contributed by atoms with van der Waals surface area (Å²) in [7, 11) is 0. The molecule has 0 bridgehead atoms. The molecule has 0 spiro atoms. The van der Waals surface area contributed by atoms with Crippen LogP contribution in [0.25, 0.3) is 6.08 Å². The molecular formula is C24H36N2O6. The first-order valence-corrected chi connectivity index (χ1v) is 10.7. The molecule has 1 N–H and O–H groups in total. The van der Waals surface area contributed by atoms with E-state index < -0.39 is 41.3 Å². The quantitative estimate of drug-likeness (QED) is 0.662. The third-order valence-corrected chi connectivity index (χ3v) is 4.21. The Morgan fingerprint density at radius 2 is 1.66 bits per heavy atom. The average Bonchev–Trinajstić information content (AvgIpc) is 2.62. The molecule has 0 saturated carbocycles. The second-order valence-corrected chi connectivity index (χ2v) is 10.1. The first-order chi connectivity index (χ1) is 14.7. The van der Waals surface area contributed by atoms with Crippen LogP contribution in [-0.4, -0.2) is 52.9 Å². The number of benzene rings is 1. The minimum atomic E-state index is -0.867. The Balaban J connectivity index is 2.34. The molecular weight excluding hydrogens is 412 g/mol. The third kappa shape index (κ3) is 8.51. The zero-order chi connectivity index (χ0) is 24.2. The Morgan fingerprint density at radius 3 is 2.22 bits per heavy atom. The van der Waals surface area contributed by atoms with Crippen LogP contribution >= 0.6 is 0 Å². The minimum Gasteiger partial charge on any atom is -0.443 e. The van der Waals surface area contributed by atoms with Crippen LogP contribution in [-0.2, 0) is 18.9 Å². The van der Waals surface area contributed by atoms with Gasteiger partial charge in [-0.2, -0.15) is 0 Å². The van der Waals surface area contributed by atoms with Crippen LogP contribution in [0.1, 0.15) is 61.0 Å². The SMILES string of the molecule is CC(C)(C)OC(=O)NN(C(=O)OC(C)(C)C)[C@@H]1COC(C)(C)O[C@H]1/C=C/c1ccccc1. The van der Waals surface area contributed by atoms with Crippen molar-refractivity contribution in [2.45, 2.75) is 84.5 Å². The van der Waals surface area contributed by atoms with E-state index in [2.05, 4.69) is 5.43 Å². The fourth-order valence-electron chi connectivity index (χ4n) is 2.95. The summed E-state index contributed by atoms with van der Waals surface area (Å²) >= 11 is 0. The van der Waals surface area contributed by atoms with Gasteiger partial charge in [0.05, 0.1) is 6.61 Å². The molecule has 1 fully saturated rings. The monoisotopic (exact) mass is 448 g/mol. The van der Waals surface area contributed by atoms with Gasteiger partial charge in [-0.15, -0.1) is 0 Å². The molecule has 0 unspecified atom stereocenters. The topological polar surface area (TPSA) is 86.3 Å². The minimum absolute atomic E-state index is 0.117. The lowest BCUT2D eigenvalue weighted by Crippen LogP contribution is -2.63. The maximum atomic E-state index is 13.0. The summed E-state index contributed by atoms with van der Waals surface area (Å²) in [6.07, 6.45) is 1.65. The Labute approximate surface area is 190 Å². The Kier molecular flexibility index (Phi) is 7.96. The van der Waals surface area contributed by atoms with Crippen LogP contribution in [0.5, 0.6) is 0 Å². The number of nitrogens with one attached hydrogen (secondary N) is 1. The molecule has 0 aromatic heterocycles. The fourth-order valence-corrected chi connectivity index (χ4v) is 2.95. The van der Waals surface area contributed by atoms with Crippen molar-refractivity contribution in [2.75, 3.05) is 6.61 Å². The van der Waals surface area contributed by atoms with E-state index in [9.17, 15) is 9.59 Å². The fraction of sp³-hybridized carbons (Fsp3) is 0.583. The first-order valence-electron chi connectivity index (χ1n) is 10.7. The summed E-state index contributed by atoms with van der Waals surface area (Å²) in [4.78, 5) is 25.6. The highest BCUT2D eigenvalue weighted by Gasteiger charge is 2.42. The molecule has 2 amide bonds. The molecule has 2 rings (SSSR count). The predicted molar refractivity (Wildman–Crippen MR) is 122 cm³/mol. The lowest BCUT2D eigenvalue weighted by molar-refractivity contribution is -0.283. The molecule has 8 heteroatoms. The first kappa shape index (κ1) is 25.7. The Hall–Kier alpha value is -2.58. The summed E-state index contributed by atoms with van der Waals surface area (Å²) in [5.74, 6) is -0.867. The number of ether oxygens (including phenoxy) is 4. The van der Waals surface area contributed by atoms with Crippen molar-refractivity contribution in [3.05, 3.63) is 42.0 Å². The van der Waals surface area contributed by atoms with E-state index in [-0.39, 0.29) is 6.61 Å². The zero-order valence-electron chi connectivity index (χ0n) is 20.3. The molecule has 32 heavy (non-hydrogen) atoms. The van der Waals surface area contributed by atoms with Gasteiger partial charge in [0.1, 0.15) is 23.3 Å². The standard InChI is InChI=1S/C24H36N2O6/c1-22(2,3)31-20(27)25-26(21(28)32-23(4,5)6)18-16-29-24(7,8)30-19(18)15-14-17-12-10-9-11-13-17/h9-15,18-19H,16H2,1-8H3,(H,25,27)/b15-14+/t18-,19+/m1/s1. The van der Waals surface area contributed by atoms with Gasteiger partial charge < -0.3 is 18.9 Å². The van der Waals surface area contributed by atoms with E-state index in [1.54, 1.807) is 55.4 Å². The van der Waals surface area contributed by atoms with Gasteiger partial charge in [0.2, 0.25) is 0 Å². The van der Waals surface area contributed by atoms with Crippen molar-refractivity contribution in [3.63, 3.8) is 0 Å². The Bertz CT molecular complexity index is 808. The number of nitrogens with zero attached hydrogens (tertiary/aromatic N) is 1. The van der Waals surface area contributed by atoms with Gasteiger partial charge in [0.25, 0.3) is 0 Å². The smallest absolute Gasteiger partial charge is 0.429 e. The maximum Gasteiger partial charge on any atom is 0.429 e. The summed E-state index contributed by atoms with van der Waals surface area (Å²) in [5, 5.41) is 1.09. The predicted octanol–water partition coefficient (Wildman–Crippen LogP) is 4.90. The number of hydrogen-bond acceptors (Lipinski definition) is 6. The molecule has 0 aliphatic carbocycles. The number of carbonyl (C=O) groups is 2. The number of hydrazine groups is 1. The van der Waals surface area contributed by atoms with Crippen molar-refractivity contribution in [1.29, 1.82) is 0 Å². The van der Waals surface area contributed by atoms with Gasteiger partial charge in [-0.05, 0) is 61.0 Å². The van der Waals surface area contributed by atoms with Crippen LogP contribution in [0, 0.1) is 0 Å². The Morgan fingerprint density at radius 1 is 1.06 bits per heavy atom. The van der Waals surface area contributed by atoms with E-state index >= 15 is 0 Å². The second kappa shape index (κ2) is 9.92. The van der Waals surface area contributed by atoms with Crippen LogP contribution in [0.15, 0.2) is 36.4 Å². The number of amides is 2. The molecule has 1 aromatic carbocycles. The van der Waals surface area contributed by atoms with E-state index in [0.717, 1.165) is 10.6 Å². The van der Waals surface area contributed by atoms with Crippen molar-refractivity contribution in [2.24, 2.45) is 0 Å². The molecule has 1 saturated heterocycles. The molecule has 2 atom stereocenters. The van der Waals surface area contributed by atoms with Crippen LogP contribution in [0.4, 0.5) is 9.59 Å². The van der Waals surface area contributed by atoms with Crippen molar-refractivity contribution >= 4 is 18.3 Å². The molecule has 1 aliphatic heterocycles. The van der Waals surface area contributed by atoms with Crippen molar-refractivity contribution in [1.82, 2.24) is 10.4 Å². The highest BCUT2D eigenvalue weighted by atomic mass is 16.7. The second-order valence-electron chi connectivity index (χ2n) is 10.1. The van der Waals surface area contributed by atoms with Crippen molar-refractivity contribution < 1.29 is 28.5 Å². The summed E-state index contributed by atoms with van der Waals surface area (Å²) in [6.45, 7) is 14.2.